The van der Waals surface area contributed by atoms with Gasteiger partial charge in [0.15, 0.2) is 0 Å². The van der Waals surface area contributed by atoms with Crippen LogP contribution in [0.15, 0.2) is 22.9 Å². The van der Waals surface area contributed by atoms with Crippen LogP contribution in [0.3, 0.4) is 0 Å². The number of carbonyl (C=O) groups is 2. The maximum atomic E-state index is 12.1. The highest BCUT2D eigenvalue weighted by Crippen LogP contribution is 2.12. The summed E-state index contributed by atoms with van der Waals surface area (Å²) in [6.45, 7) is 2.15. The molecule has 5 nitrogen and oxygen atoms in total. The van der Waals surface area contributed by atoms with Crippen molar-refractivity contribution in [2.24, 2.45) is 5.92 Å². The van der Waals surface area contributed by atoms with Crippen molar-refractivity contribution in [3.63, 3.8) is 0 Å². The van der Waals surface area contributed by atoms with Crippen molar-refractivity contribution in [3.8, 4) is 0 Å². The molecule has 1 atom stereocenters. The van der Waals surface area contributed by atoms with Gasteiger partial charge in [-0.2, -0.15) is 0 Å². The Morgan fingerprint density at radius 3 is 2.72 bits per heavy atom. The van der Waals surface area contributed by atoms with E-state index in [4.69, 9.17) is 0 Å². The number of aromatic nitrogens is 1. The van der Waals surface area contributed by atoms with Crippen LogP contribution in [0, 0.1) is 5.92 Å². The third kappa shape index (κ3) is 3.80. The summed E-state index contributed by atoms with van der Waals surface area (Å²) in [7, 11) is 3.25. The molecular weight excluding hydrogens is 298 g/mol. The molecule has 1 rings (SSSR count). The van der Waals surface area contributed by atoms with E-state index in [1.165, 1.54) is 11.1 Å². The normalized spacial score (nSPS) is 11.8. The van der Waals surface area contributed by atoms with Gasteiger partial charge in [-0.15, -0.1) is 0 Å². The Balaban J connectivity index is 2.70. The first-order valence-electron chi connectivity index (χ1n) is 5.53. The number of pyridine rings is 1. The summed E-state index contributed by atoms with van der Waals surface area (Å²) in [6.07, 6.45) is 3.12. The molecule has 1 N–H and O–H groups in total. The minimum atomic E-state index is -0.246. The number of nitrogens with zero attached hydrogens (tertiary/aromatic N) is 2. The molecule has 6 heteroatoms. The first-order valence-corrected chi connectivity index (χ1v) is 6.32. The van der Waals surface area contributed by atoms with E-state index in [9.17, 15) is 9.59 Å². The van der Waals surface area contributed by atoms with Crippen molar-refractivity contribution in [1.82, 2.24) is 15.2 Å². The second kappa shape index (κ2) is 6.49. The molecule has 2 amide bonds. The van der Waals surface area contributed by atoms with Gasteiger partial charge in [0, 0.05) is 37.5 Å². The molecule has 0 aliphatic heterocycles. The lowest BCUT2D eigenvalue weighted by Crippen LogP contribution is -2.37. The number of hydrogen-bond donors (Lipinski definition) is 1. The van der Waals surface area contributed by atoms with E-state index in [0.29, 0.717) is 12.1 Å². The summed E-state index contributed by atoms with van der Waals surface area (Å²) in [6, 6.07) is 1.70. The third-order valence-corrected chi connectivity index (χ3v) is 2.97. The lowest BCUT2D eigenvalue weighted by atomic mass is 10.1. The van der Waals surface area contributed by atoms with E-state index in [1.807, 2.05) is 0 Å². The zero-order valence-electron chi connectivity index (χ0n) is 10.6. The molecule has 18 heavy (non-hydrogen) atoms. The van der Waals surface area contributed by atoms with Gasteiger partial charge in [0.2, 0.25) is 5.91 Å². The number of halogens is 1. The molecule has 0 radical (unpaired) electrons. The molecule has 0 aromatic carbocycles. The Kier molecular flexibility index (Phi) is 5.27. The summed E-state index contributed by atoms with van der Waals surface area (Å²) >= 11 is 3.27. The predicted molar refractivity (Wildman–Crippen MR) is 72.1 cm³/mol. The van der Waals surface area contributed by atoms with Crippen molar-refractivity contribution in [1.29, 1.82) is 0 Å². The Morgan fingerprint density at radius 1 is 1.50 bits per heavy atom. The third-order valence-electron chi connectivity index (χ3n) is 2.54. The van der Waals surface area contributed by atoms with Crippen LogP contribution in [-0.2, 0) is 4.79 Å². The fourth-order valence-corrected chi connectivity index (χ4v) is 1.94. The van der Waals surface area contributed by atoms with Crippen LogP contribution in [-0.4, -0.2) is 42.3 Å². The molecule has 0 bridgehead atoms. The molecule has 1 aromatic rings. The van der Waals surface area contributed by atoms with Crippen molar-refractivity contribution in [2.75, 3.05) is 20.6 Å². The quantitative estimate of drug-likeness (QED) is 0.911. The Morgan fingerprint density at radius 2 is 2.17 bits per heavy atom. The van der Waals surface area contributed by atoms with Crippen LogP contribution >= 0.6 is 15.9 Å². The van der Waals surface area contributed by atoms with Gasteiger partial charge in [-0.1, -0.05) is 6.92 Å². The van der Waals surface area contributed by atoms with Gasteiger partial charge in [-0.25, -0.2) is 0 Å². The summed E-state index contributed by atoms with van der Waals surface area (Å²) in [5.74, 6) is -0.481. The highest BCUT2D eigenvalue weighted by molar-refractivity contribution is 9.10. The van der Waals surface area contributed by atoms with Crippen LogP contribution in [0.5, 0.6) is 0 Å². The van der Waals surface area contributed by atoms with Crippen LogP contribution in [0.2, 0.25) is 0 Å². The van der Waals surface area contributed by atoms with E-state index in [-0.39, 0.29) is 17.7 Å². The number of nitrogens with one attached hydrogen (secondary N) is 1. The SMILES string of the molecule is CNC(=O)C(C)CN(C)C(=O)c1cncc(Br)c1. The van der Waals surface area contributed by atoms with E-state index in [0.717, 1.165) is 4.47 Å². The summed E-state index contributed by atoms with van der Waals surface area (Å²) in [4.78, 5) is 28.9. The average molecular weight is 314 g/mol. The highest BCUT2D eigenvalue weighted by atomic mass is 79.9. The van der Waals surface area contributed by atoms with Gasteiger partial charge < -0.3 is 10.2 Å². The molecule has 0 spiro atoms. The van der Waals surface area contributed by atoms with Crippen LogP contribution in [0.4, 0.5) is 0 Å². The van der Waals surface area contributed by atoms with Gasteiger partial charge in [-0.3, -0.25) is 14.6 Å². The minimum Gasteiger partial charge on any atom is -0.359 e. The molecule has 0 aliphatic carbocycles. The molecule has 0 saturated carbocycles. The first-order chi connectivity index (χ1) is 8.45. The lowest BCUT2D eigenvalue weighted by Gasteiger charge is -2.20. The van der Waals surface area contributed by atoms with Crippen molar-refractivity contribution < 1.29 is 9.59 Å². The highest BCUT2D eigenvalue weighted by Gasteiger charge is 2.18. The summed E-state index contributed by atoms with van der Waals surface area (Å²) < 4.78 is 0.751. The van der Waals surface area contributed by atoms with Crippen molar-refractivity contribution >= 4 is 27.7 Å². The summed E-state index contributed by atoms with van der Waals surface area (Å²) in [5.41, 5.74) is 0.496. The van der Waals surface area contributed by atoms with Crippen LogP contribution in [0.1, 0.15) is 17.3 Å². The zero-order valence-corrected chi connectivity index (χ0v) is 12.2. The zero-order chi connectivity index (χ0) is 13.7. The second-order valence-corrected chi connectivity index (χ2v) is 5.01. The van der Waals surface area contributed by atoms with Crippen molar-refractivity contribution in [2.45, 2.75) is 6.92 Å². The molecule has 0 fully saturated rings. The van der Waals surface area contributed by atoms with E-state index >= 15 is 0 Å². The van der Waals surface area contributed by atoms with Gasteiger partial charge in [0.05, 0.1) is 11.5 Å². The number of carbonyl (C=O) groups excluding carboxylic acids is 2. The van der Waals surface area contributed by atoms with Gasteiger partial charge >= 0.3 is 0 Å². The van der Waals surface area contributed by atoms with Crippen LogP contribution < -0.4 is 5.32 Å². The second-order valence-electron chi connectivity index (χ2n) is 4.09. The number of hydrogen-bond acceptors (Lipinski definition) is 3. The van der Waals surface area contributed by atoms with Crippen LogP contribution in [0.25, 0.3) is 0 Å². The Labute approximate surface area is 115 Å². The molecule has 0 saturated heterocycles. The van der Waals surface area contributed by atoms with E-state index < -0.39 is 0 Å². The average Bonchev–Trinajstić information content (AvgIpc) is 2.36. The molecule has 1 heterocycles. The first kappa shape index (κ1) is 14.6. The number of rotatable bonds is 4. The Bertz CT molecular complexity index is 451. The Hall–Kier alpha value is -1.43. The lowest BCUT2D eigenvalue weighted by molar-refractivity contribution is -0.124. The monoisotopic (exact) mass is 313 g/mol. The fraction of sp³-hybridized carbons (Fsp3) is 0.417. The largest absolute Gasteiger partial charge is 0.359 e. The van der Waals surface area contributed by atoms with Gasteiger partial charge in [-0.05, 0) is 22.0 Å². The van der Waals surface area contributed by atoms with Crippen molar-refractivity contribution in [3.05, 3.63) is 28.5 Å². The van der Waals surface area contributed by atoms with E-state index in [1.54, 1.807) is 33.3 Å². The topological polar surface area (TPSA) is 62.3 Å². The maximum absolute atomic E-state index is 12.1. The number of amides is 2. The molecule has 98 valence electrons. The van der Waals surface area contributed by atoms with E-state index in [2.05, 4.69) is 26.2 Å². The summed E-state index contributed by atoms with van der Waals surface area (Å²) in [5, 5.41) is 2.56. The van der Waals surface area contributed by atoms with Gasteiger partial charge in [0.1, 0.15) is 0 Å². The minimum absolute atomic E-state index is 0.0815. The standard InChI is InChI=1S/C12H16BrN3O2/c1-8(11(17)14-2)7-16(3)12(18)9-4-10(13)6-15-5-9/h4-6,8H,7H2,1-3H3,(H,14,17). The molecule has 0 aliphatic rings. The molecule has 1 unspecified atom stereocenters. The molecular formula is C12H16BrN3O2. The predicted octanol–water partition coefficient (Wildman–Crippen LogP) is 1.30. The smallest absolute Gasteiger partial charge is 0.255 e. The van der Waals surface area contributed by atoms with Gasteiger partial charge in [0.25, 0.3) is 5.91 Å². The fourth-order valence-electron chi connectivity index (χ4n) is 1.57. The maximum Gasteiger partial charge on any atom is 0.255 e. The molecule has 1 aromatic heterocycles.